The van der Waals surface area contributed by atoms with Gasteiger partial charge in [0.1, 0.15) is 0 Å². The summed E-state index contributed by atoms with van der Waals surface area (Å²) in [6, 6.07) is -0.553. The maximum Gasteiger partial charge on any atom is 0.421 e. The summed E-state index contributed by atoms with van der Waals surface area (Å²) >= 11 is 0. The summed E-state index contributed by atoms with van der Waals surface area (Å²) < 4.78 is 21.9. The molecule has 11 heavy (non-hydrogen) atoms. The van der Waals surface area contributed by atoms with Crippen LogP contribution in [0.2, 0.25) is 0 Å². The van der Waals surface area contributed by atoms with Crippen molar-refractivity contribution in [2.24, 2.45) is 0 Å². The fraction of sp³-hybridized carbons (Fsp3) is 0.800. The van der Waals surface area contributed by atoms with E-state index in [1.807, 2.05) is 0 Å². The second-order valence-electron chi connectivity index (χ2n) is 2.44. The molecule has 0 saturated carbocycles. The lowest BCUT2D eigenvalue weighted by Gasteiger charge is -2.19. The Hall–Kier alpha value is -0.780. The van der Waals surface area contributed by atoms with E-state index in [9.17, 15) is 13.2 Å². The van der Waals surface area contributed by atoms with Crippen LogP contribution in [-0.2, 0) is 10.0 Å². The van der Waals surface area contributed by atoms with Gasteiger partial charge in [-0.05, 0) is 13.8 Å². The third-order valence-corrected chi connectivity index (χ3v) is 2.31. The number of amides is 1. The Morgan fingerprint density at radius 3 is 1.82 bits per heavy atom. The Labute approximate surface area is 65.7 Å². The van der Waals surface area contributed by atoms with E-state index < -0.39 is 22.2 Å². The molecule has 1 N–H and O–H groups in total. The standard InChI is InChI=1S/C5H11NO4S/c1-4(2)6(5(7)8)11(3,9)10/h4H,1-3H3,(H,7,8). The van der Waals surface area contributed by atoms with Crippen molar-refractivity contribution in [2.75, 3.05) is 6.26 Å². The van der Waals surface area contributed by atoms with Crippen LogP contribution >= 0.6 is 0 Å². The second kappa shape index (κ2) is 3.08. The molecule has 1 amide bonds. The average molecular weight is 181 g/mol. The molecule has 0 aliphatic rings. The Balaban J connectivity index is 4.79. The molecule has 0 heterocycles. The summed E-state index contributed by atoms with van der Waals surface area (Å²) in [6.45, 7) is 2.99. The first kappa shape index (κ1) is 10.2. The number of carboxylic acid groups (broad SMARTS) is 1. The number of hydrogen-bond acceptors (Lipinski definition) is 3. The third kappa shape index (κ3) is 2.75. The number of nitrogens with zero attached hydrogens (tertiary/aromatic N) is 1. The SMILES string of the molecule is CC(C)N(C(=O)O)S(C)(=O)=O. The van der Waals surface area contributed by atoms with E-state index in [0.717, 1.165) is 6.26 Å². The van der Waals surface area contributed by atoms with Gasteiger partial charge in [-0.3, -0.25) is 0 Å². The van der Waals surface area contributed by atoms with E-state index in [2.05, 4.69) is 0 Å². The first-order valence-electron chi connectivity index (χ1n) is 2.99. The summed E-state index contributed by atoms with van der Waals surface area (Å²) in [5.41, 5.74) is 0. The normalized spacial score (nSPS) is 11.6. The molecule has 0 aromatic heterocycles. The first-order chi connectivity index (χ1) is 4.76. The maximum atomic E-state index is 10.8. The van der Waals surface area contributed by atoms with Crippen LogP contribution in [0.3, 0.4) is 0 Å². The van der Waals surface area contributed by atoms with Crippen LogP contribution in [0, 0.1) is 0 Å². The number of rotatable bonds is 2. The number of sulfonamides is 1. The zero-order chi connectivity index (χ0) is 9.23. The number of carbonyl (C=O) groups is 1. The van der Waals surface area contributed by atoms with Crippen LogP contribution in [-0.4, -0.2) is 36.2 Å². The highest BCUT2D eigenvalue weighted by molar-refractivity contribution is 7.88. The summed E-state index contributed by atoms with van der Waals surface area (Å²) in [5, 5.41) is 8.43. The van der Waals surface area contributed by atoms with Crippen molar-refractivity contribution in [3.8, 4) is 0 Å². The number of hydrogen-bond donors (Lipinski definition) is 1. The predicted molar refractivity (Wildman–Crippen MR) is 39.8 cm³/mol. The van der Waals surface area contributed by atoms with Gasteiger partial charge in [-0.15, -0.1) is 0 Å². The van der Waals surface area contributed by atoms with Crippen molar-refractivity contribution >= 4 is 16.1 Å². The largest absolute Gasteiger partial charge is 0.464 e. The molecule has 0 saturated heterocycles. The van der Waals surface area contributed by atoms with Crippen molar-refractivity contribution in [1.29, 1.82) is 0 Å². The fourth-order valence-electron chi connectivity index (χ4n) is 0.746. The van der Waals surface area contributed by atoms with Gasteiger partial charge in [-0.1, -0.05) is 0 Å². The van der Waals surface area contributed by atoms with E-state index in [1.165, 1.54) is 13.8 Å². The van der Waals surface area contributed by atoms with Gasteiger partial charge in [0.2, 0.25) is 10.0 Å². The smallest absolute Gasteiger partial charge is 0.421 e. The molecule has 0 aliphatic heterocycles. The van der Waals surface area contributed by atoms with Gasteiger partial charge < -0.3 is 5.11 Å². The van der Waals surface area contributed by atoms with Crippen molar-refractivity contribution in [3.63, 3.8) is 0 Å². The topological polar surface area (TPSA) is 74.7 Å². The summed E-state index contributed by atoms with van der Waals surface area (Å²) in [5.74, 6) is 0. The van der Waals surface area contributed by atoms with Crippen molar-refractivity contribution in [3.05, 3.63) is 0 Å². The van der Waals surface area contributed by atoms with Gasteiger partial charge in [-0.2, -0.15) is 0 Å². The van der Waals surface area contributed by atoms with E-state index in [1.54, 1.807) is 0 Å². The van der Waals surface area contributed by atoms with Crippen LogP contribution in [0.25, 0.3) is 0 Å². The molecule has 0 atom stereocenters. The maximum absolute atomic E-state index is 10.8. The van der Waals surface area contributed by atoms with Crippen LogP contribution in [0.5, 0.6) is 0 Å². The molecule has 0 aliphatic carbocycles. The lowest BCUT2D eigenvalue weighted by molar-refractivity contribution is 0.165. The fourth-order valence-corrected chi connectivity index (χ4v) is 1.80. The Morgan fingerprint density at radius 1 is 1.45 bits per heavy atom. The Bertz CT molecular complexity index is 243. The average Bonchev–Trinajstić information content (AvgIpc) is 1.54. The van der Waals surface area contributed by atoms with Crippen LogP contribution in [0.15, 0.2) is 0 Å². The molecule has 0 aromatic carbocycles. The molecule has 0 spiro atoms. The Kier molecular flexibility index (Phi) is 2.86. The van der Waals surface area contributed by atoms with Gasteiger partial charge in [0.25, 0.3) is 0 Å². The summed E-state index contributed by atoms with van der Waals surface area (Å²) in [4.78, 5) is 10.3. The Morgan fingerprint density at radius 2 is 1.82 bits per heavy atom. The second-order valence-corrected chi connectivity index (χ2v) is 4.29. The molecule has 5 nitrogen and oxygen atoms in total. The van der Waals surface area contributed by atoms with E-state index in [4.69, 9.17) is 5.11 Å². The minimum atomic E-state index is -3.63. The highest BCUT2D eigenvalue weighted by Crippen LogP contribution is 2.04. The zero-order valence-corrected chi connectivity index (χ0v) is 7.42. The quantitative estimate of drug-likeness (QED) is 0.666. The van der Waals surface area contributed by atoms with E-state index in [-0.39, 0.29) is 0 Å². The zero-order valence-electron chi connectivity index (χ0n) is 6.60. The molecule has 0 aromatic rings. The van der Waals surface area contributed by atoms with Crippen molar-refractivity contribution < 1.29 is 18.3 Å². The summed E-state index contributed by atoms with van der Waals surface area (Å²) in [7, 11) is -3.63. The molecule has 0 rings (SSSR count). The van der Waals surface area contributed by atoms with Crippen LogP contribution < -0.4 is 0 Å². The minimum Gasteiger partial charge on any atom is -0.464 e. The van der Waals surface area contributed by atoms with E-state index in [0.29, 0.717) is 4.31 Å². The van der Waals surface area contributed by atoms with Gasteiger partial charge in [0.05, 0.1) is 6.26 Å². The molecule has 66 valence electrons. The van der Waals surface area contributed by atoms with Crippen molar-refractivity contribution in [2.45, 2.75) is 19.9 Å². The summed E-state index contributed by atoms with van der Waals surface area (Å²) in [6.07, 6.45) is -0.580. The lowest BCUT2D eigenvalue weighted by atomic mass is 10.4. The van der Waals surface area contributed by atoms with Gasteiger partial charge >= 0.3 is 6.09 Å². The van der Waals surface area contributed by atoms with Crippen molar-refractivity contribution in [1.82, 2.24) is 4.31 Å². The monoisotopic (exact) mass is 181 g/mol. The molecule has 0 fully saturated rings. The molecule has 0 bridgehead atoms. The van der Waals surface area contributed by atoms with Crippen LogP contribution in [0.4, 0.5) is 4.79 Å². The molecule has 0 unspecified atom stereocenters. The first-order valence-corrected chi connectivity index (χ1v) is 4.84. The molecule has 6 heteroatoms. The van der Waals surface area contributed by atoms with E-state index >= 15 is 0 Å². The highest BCUT2D eigenvalue weighted by atomic mass is 32.2. The third-order valence-electron chi connectivity index (χ3n) is 1.01. The highest BCUT2D eigenvalue weighted by Gasteiger charge is 2.24. The van der Waals surface area contributed by atoms with Gasteiger partial charge in [0.15, 0.2) is 0 Å². The van der Waals surface area contributed by atoms with Gasteiger partial charge in [-0.25, -0.2) is 17.5 Å². The molecular weight excluding hydrogens is 170 g/mol. The van der Waals surface area contributed by atoms with Gasteiger partial charge in [0, 0.05) is 6.04 Å². The minimum absolute atomic E-state index is 0.410. The molecule has 0 radical (unpaired) electrons. The predicted octanol–water partition coefficient (Wildman–Crippen LogP) is 0.334. The lowest BCUT2D eigenvalue weighted by Crippen LogP contribution is -2.40. The van der Waals surface area contributed by atoms with Crippen LogP contribution in [0.1, 0.15) is 13.8 Å². The molecular formula is C5H11NO4S.